The summed E-state index contributed by atoms with van der Waals surface area (Å²) in [5.41, 5.74) is 1.44. The second-order valence-corrected chi connectivity index (χ2v) is 8.20. The lowest BCUT2D eigenvalue weighted by Crippen LogP contribution is -2.58. The predicted molar refractivity (Wildman–Crippen MR) is 123 cm³/mol. The van der Waals surface area contributed by atoms with Crippen LogP contribution in [-0.2, 0) is 11.9 Å². The Morgan fingerprint density at radius 2 is 1.97 bits per heavy atom. The zero-order valence-electron chi connectivity index (χ0n) is 16.7. The molecule has 146 valence electrons. The van der Waals surface area contributed by atoms with E-state index in [1.54, 1.807) is 38.8 Å². The molecule has 3 rings (SSSR count). The summed E-state index contributed by atoms with van der Waals surface area (Å²) in [5.74, 6) is 0.459. The minimum atomic E-state index is -0.971. The average molecular weight is 410 g/mol. The summed E-state index contributed by atoms with van der Waals surface area (Å²) in [6.45, 7) is 0.367. The molecular formula is C16H20B4ClFN6O. The fourth-order valence-corrected chi connectivity index (χ4v) is 2.64. The van der Waals surface area contributed by atoms with Crippen LogP contribution in [-0.4, -0.2) is 61.6 Å². The topological polar surface area (TPSA) is 87.9 Å². The number of hydrogen-bond donors (Lipinski definition) is 3. The maximum absolute atomic E-state index is 13.3. The zero-order chi connectivity index (χ0) is 21.2. The Kier molecular flexibility index (Phi) is 5.95. The molecule has 13 heteroatoms. The second kappa shape index (κ2) is 8.12. The van der Waals surface area contributed by atoms with Crippen LogP contribution in [0, 0.1) is 5.82 Å². The van der Waals surface area contributed by atoms with E-state index in [0.717, 1.165) is 5.56 Å². The van der Waals surface area contributed by atoms with Crippen LogP contribution in [0.2, 0.25) is 5.02 Å². The van der Waals surface area contributed by atoms with Crippen LogP contribution in [0.5, 0.6) is 0 Å². The van der Waals surface area contributed by atoms with Crippen LogP contribution >= 0.6 is 11.6 Å². The molecule has 0 unspecified atom stereocenters. The van der Waals surface area contributed by atoms with Crippen LogP contribution < -0.4 is 10.6 Å². The Labute approximate surface area is 177 Å². The lowest BCUT2D eigenvalue weighted by molar-refractivity contribution is 0.156. The van der Waals surface area contributed by atoms with E-state index < -0.39 is 10.7 Å². The number of rotatable bonds is 7. The fourth-order valence-electron chi connectivity index (χ4n) is 2.49. The second-order valence-electron chi connectivity index (χ2n) is 7.79. The molecule has 2 heterocycles. The normalized spacial score (nSPS) is 12.0. The van der Waals surface area contributed by atoms with Gasteiger partial charge in [-0.1, -0.05) is 23.7 Å². The van der Waals surface area contributed by atoms with Crippen LogP contribution in [0.3, 0.4) is 0 Å². The number of anilines is 3. The third-order valence-corrected chi connectivity index (χ3v) is 5.28. The number of halogens is 2. The Morgan fingerprint density at radius 1 is 1.21 bits per heavy atom. The third kappa shape index (κ3) is 4.94. The number of benzene rings is 1. The van der Waals surface area contributed by atoms with Gasteiger partial charge >= 0.3 is 0 Å². The first-order chi connectivity index (χ1) is 13.6. The molecule has 0 fully saturated rings. The van der Waals surface area contributed by atoms with Gasteiger partial charge < -0.3 is 15.7 Å². The lowest BCUT2D eigenvalue weighted by Gasteiger charge is -2.38. The Balaban J connectivity index is 1.73. The predicted octanol–water partition coefficient (Wildman–Crippen LogP) is -1.39. The first-order valence-corrected chi connectivity index (χ1v) is 9.49. The third-order valence-electron chi connectivity index (χ3n) is 5.00. The highest BCUT2D eigenvalue weighted by molar-refractivity contribution is 6.52. The molecule has 0 saturated carbocycles. The monoisotopic (exact) mass is 410 g/mol. The van der Waals surface area contributed by atoms with Gasteiger partial charge in [-0.05, 0) is 17.7 Å². The highest BCUT2D eigenvalue weighted by Gasteiger charge is 2.36. The van der Waals surface area contributed by atoms with Gasteiger partial charge in [0, 0.05) is 23.5 Å². The standard InChI is InChI=1S/C16H20B4ClFN6O/c17-15(18,16(19,20)29)28-8-11(6-25-28)26-14-24-7-12(21)13(27-14)23-5-9-2-1-3-10(22)4-9/h1-4,6-8,29H,5,17-20H2,(H2,23,24,26,27). The number of nitrogens with one attached hydrogen (secondary N) is 2. The van der Waals surface area contributed by atoms with Gasteiger partial charge in [-0.15, -0.1) is 0 Å². The van der Waals surface area contributed by atoms with Crippen molar-refractivity contribution in [3.63, 3.8) is 0 Å². The first-order valence-electron chi connectivity index (χ1n) is 9.12. The maximum atomic E-state index is 13.3. The Hall–Kier alpha value is -2.45. The van der Waals surface area contributed by atoms with Crippen molar-refractivity contribution < 1.29 is 9.50 Å². The van der Waals surface area contributed by atoms with Crippen molar-refractivity contribution >= 4 is 60.4 Å². The summed E-state index contributed by atoms with van der Waals surface area (Å²) in [6.07, 6.45) is 4.89. The van der Waals surface area contributed by atoms with Crippen molar-refractivity contribution in [3.05, 3.63) is 59.3 Å². The smallest absolute Gasteiger partial charge is 0.229 e. The van der Waals surface area contributed by atoms with Crippen molar-refractivity contribution in [1.29, 1.82) is 0 Å². The van der Waals surface area contributed by atoms with Crippen molar-refractivity contribution in [1.82, 2.24) is 19.7 Å². The van der Waals surface area contributed by atoms with E-state index in [1.807, 2.05) is 21.8 Å². The molecule has 0 atom stereocenters. The zero-order valence-corrected chi connectivity index (χ0v) is 17.5. The molecular weight excluding hydrogens is 390 g/mol. The van der Waals surface area contributed by atoms with Gasteiger partial charge in [0.25, 0.3) is 0 Å². The number of aromatic nitrogens is 4. The molecule has 0 radical (unpaired) electrons. The van der Waals surface area contributed by atoms with Crippen molar-refractivity contribution in [3.8, 4) is 0 Å². The number of nitrogens with zero attached hydrogens (tertiary/aromatic N) is 4. The first kappa shape index (κ1) is 21.3. The van der Waals surface area contributed by atoms with E-state index >= 15 is 0 Å². The summed E-state index contributed by atoms with van der Waals surface area (Å²) in [5, 5.41) is 19.6. The minimum Gasteiger partial charge on any atom is -0.407 e. The van der Waals surface area contributed by atoms with E-state index in [0.29, 0.717) is 29.0 Å². The van der Waals surface area contributed by atoms with Gasteiger partial charge in [0.05, 0.1) is 18.1 Å². The molecule has 0 aliphatic carbocycles. The van der Waals surface area contributed by atoms with Crippen molar-refractivity contribution in [2.45, 2.75) is 17.3 Å². The van der Waals surface area contributed by atoms with Crippen LogP contribution in [0.25, 0.3) is 0 Å². The minimum absolute atomic E-state index is 0.300. The van der Waals surface area contributed by atoms with E-state index in [1.165, 1.54) is 18.3 Å². The summed E-state index contributed by atoms with van der Waals surface area (Å²) < 4.78 is 15.0. The molecule has 0 spiro atoms. The van der Waals surface area contributed by atoms with E-state index in [9.17, 15) is 9.50 Å². The SMILES string of the molecule is BC(B)(O)C(B)(B)n1cc(Nc2ncc(Cl)c(NCc3cccc(F)c3)n2)cn1. The quantitative estimate of drug-likeness (QED) is 0.416. The molecule has 3 N–H and O–H groups in total. The molecule has 3 aromatic rings. The number of hydrogen-bond acceptors (Lipinski definition) is 6. The highest BCUT2D eigenvalue weighted by atomic mass is 35.5. The summed E-state index contributed by atoms with van der Waals surface area (Å²) >= 11 is 6.18. The lowest BCUT2D eigenvalue weighted by atomic mass is 9.40. The number of aliphatic hydroxyl groups is 1. The Bertz CT molecular complexity index is 1010. The maximum Gasteiger partial charge on any atom is 0.229 e. The van der Waals surface area contributed by atoms with Gasteiger partial charge in [-0.3, -0.25) is 4.68 Å². The summed E-state index contributed by atoms with van der Waals surface area (Å²) in [7, 11) is 7.27. The highest BCUT2D eigenvalue weighted by Crippen LogP contribution is 2.24. The van der Waals surface area contributed by atoms with Gasteiger partial charge in [0.2, 0.25) is 5.95 Å². The molecule has 0 aliphatic heterocycles. The van der Waals surface area contributed by atoms with E-state index in [4.69, 9.17) is 11.6 Å². The molecule has 0 bridgehead atoms. The molecule has 0 aliphatic rings. The van der Waals surface area contributed by atoms with Gasteiger partial charge in [-0.25, -0.2) is 9.37 Å². The largest absolute Gasteiger partial charge is 0.407 e. The molecule has 29 heavy (non-hydrogen) atoms. The van der Waals surface area contributed by atoms with Crippen LogP contribution in [0.1, 0.15) is 5.56 Å². The average Bonchev–Trinajstić information content (AvgIpc) is 3.10. The fraction of sp³-hybridized carbons (Fsp3) is 0.188. The molecule has 0 amide bonds. The van der Waals surface area contributed by atoms with E-state index in [2.05, 4.69) is 25.7 Å². The van der Waals surface area contributed by atoms with Crippen LogP contribution in [0.4, 0.5) is 21.8 Å². The van der Waals surface area contributed by atoms with E-state index in [-0.39, 0.29) is 5.82 Å². The van der Waals surface area contributed by atoms with Crippen molar-refractivity contribution in [2.24, 2.45) is 0 Å². The summed E-state index contributed by atoms with van der Waals surface area (Å²) in [6, 6.07) is 6.29. The molecule has 0 saturated heterocycles. The Morgan fingerprint density at radius 3 is 2.66 bits per heavy atom. The van der Waals surface area contributed by atoms with Gasteiger partial charge in [0.1, 0.15) is 42.2 Å². The molecule has 1 aromatic carbocycles. The molecule has 2 aromatic heterocycles. The van der Waals surface area contributed by atoms with Crippen molar-refractivity contribution in [2.75, 3.05) is 10.6 Å². The summed E-state index contributed by atoms with van der Waals surface area (Å²) in [4.78, 5) is 8.56. The van der Waals surface area contributed by atoms with Crippen LogP contribution in [0.15, 0.2) is 42.9 Å². The van der Waals surface area contributed by atoms with Gasteiger partial charge in [-0.2, -0.15) is 10.1 Å². The molecule has 7 nitrogen and oxygen atoms in total. The van der Waals surface area contributed by atoms with Gasteiger partial charge in [0.15, 0.2) is 5.82 Å².